The van der Waals surface area contributed by atoms with Crippen molar-refractivity contribution >= 4 is 45.4 Å². The molecule has 174 valence electrons. The number of carbonyl (C=O) groups is 1. The maximum absolute atomic E-state index is 12.7. The van der Waals surface area contributed by atoms with Crippen LogP contribution in [0.4, 0.5) is 29.7 Å². The van der Waals surface area contributed by atoms with Crippen molar-refractivity contribution in [3.63, 3.8) is 0 Å². The van der Waals surface area contributed by atoms with Crippen molar-refractivity contribution in [2.24, 2.45) is 0 Å². The van der Waals surface area contributed by atoms with E-state index in [0.717, 1.165) is 5.69 Å². The van der Waals surface area contributed by atoms with Gasteiger partial charge in [-0.1, -0.05) is 23.7 Å². The summed E-state index contributed by atoms with van der Waals surface area (Å²) in [7, 11) is 0. The molecule has 0 aliphatic carbocycles. The van der Waals surface area contributed by atoms with Gasteiger partial charge >= 0.3 is 6.36 Å². The highest BCUT2D eigenvalue weighted by molar-refractivity contribution is 7.13. The average Bonchev–Trinajstić information content (AvgIpc) is 3.21. The number of amides is 1. The predicted molar refractivity (Wildman–Crippen MR) is 122 cm³/mol. The second-order valence-electron chi connectivity index (χ2n) is 7.34. The van der Waals surface area contributed by atoms with Crippen LogP contribution in [-0.2, 0) is 11.2 Å². The van der Waals surface area contributed by atoms with Crippen molar-refractivity contribution in [3.05, 3.63) is 64.6 Å². The predicted octanol–water partition coefficient (Wildman–Crippen LogP) is 5.33. The van der Waals surface area contributed by atoms with Crippen LogP contribution in [0.15, 0.2) is 53.9 Å². The summed E-state index contributed by atoms with van der Waals surface area (Å²) in [5.74, 6) is -0.299. The maximum atomic E-state index is 12.7. The third-order valence-electron chi connectivity index (χ3n) is 5.05. The average molecular weight is 497 g/mol. The van der Waals surface area contributed by atoms with Gasteiger partial charge < -0.3 is 19.9 Å². The van der Waals surface area contributed by atoms with Crippen LogP contribution >= 0.6 is 22.9 Å². The molecule has 0 spiro atoms. The molecular formula is C22H20ClF3N4O2S. The van der Waals surface area contributed by atoms with E-state index in [1.165, 1.54) is 35.6 Å². The van der Waals surface area contributed by atoms with Crippen LogP contribution in [-0.4, -0.2) is 48.3 Å². The molecular weight excluding hydrogens is 477 g/mol. The molecule has 0 bridgehead atoms. The second-order valence-corrected chi connectivity index (χ2v) is 8.60. The summed E-state index contributed by atoms with van der Waals surface area (Å²) in [5, 5.41) is 6.06. The minimum atomic E-state index is -4.73. The first-order valence-corrected chi connectivity index (χ1v) is 11.4. The summed E-state index contributed by atoms with van der Waals surface area (Å²) in [6.07, 6.45) is -4.55. The van der Waals surface area contributed by atoms with Crippen molar-refractivity contribution in [2.45, 2.75) is 12.8 Å². The largest absolute Gasteiger partial charge is 0.573 e. The van der Waals surface area contributed by atoms with Crippen molar-refractivity contribution in [2.75, 3.05) is 36.4 Å². The number of alkyl halides is 3. The molecule has 1 aliphatic heterocycles. The lowest BCUT2D eigenvalue weighted by atomic mass is 10.2. The van der Waals surface area contributed by atoms with Gasteiger partial charge in [-0.2, -0.15) is 0 Å². The summed E-state index contributed by atoms with van der Waals surface area (Å²) in [4.78, 5) is 21.1. The van der Waals surface area contributed by atoms with Gasteiger partial charge in [-0.15, -0.1) is 24.5 Å². The number of anilines is 3. The summed E-state index contributed by atoms with van der Waals surface area (Å²) >= 11 is 7.59. The Balaban J connectivity index is 1.28. The van der Waals surface area contributed by atoms with E-state index < -0.39 is 6.36 Å². The molecule has 0 saturated carbocycles. The van der Waals surface area contributed by atoms with E-state index in [4.69, 9.17) is 11.6 Å². The number of piperazine rings is 1. The zero-order valence-electron chi connectivity index (χ0n) is 17.3. The topological polar surface area (TPSA) is 57.7 Å². The van der Waals surface area contributed by atoms with Gasteiger partial charge in [0.05, 0.1) is 22.8 Å². The fraction of sp³-hybridized carbons (Fsp3) is 0.273. The van der Waals surface area contributed by atoms with Crippen molar-refractivity contribution in [3.8, 4) is 5.75 Å². The molecule has 6 nitrogen and oxygen atoms in total. The van der Waals surface area contributed by atoms with Gasteiger partial charge in [-0.3, -0.25) is 4.79 Å². The number of carbonyl (C=O) groups excluding carboxylic acids is 1. The highest BCUT2D eigenvalue weighted by Crippen LogP contribution is 2.28. The summed E-state index contributed by atoms with van der Waals surface area (Å²) in [5.41, 5.74) is 2.17. The molecule has 4 rings (SSSR count). The van der Waals surface area contributed by atoms with Crippen molar-refractivity contribution in [1.29, 1.82) is 0 Å². The second kappa shape index (κ2) is 9.88. The standard InChI is InChI=1S/C22H20ClF3N4O2S/c23-18-3-1-2-4-19(18)29-9-11-30(12-10-29)20(31)13-16-14-33-21(28-16)27-15-5-7-17(8-6-15)32-22(24,25)26/h1-8,14H,9-13H2,(H,27,28). The molecule has 1 fully saturated rings. The zero-order valence-corrected chi connectivity index (χ0v) is 18.9. The van der Waals surface area contributed by atoms with Crippen molar-refractivity contribution in [1.82, 2.24) is 9.88 Å². The number of rotatable bonds is 6. The fourth-order valence-corrected chi connectivity index (χ4v) is 4.47. The lowest BCUT2D eigenvalue weighted by Gasteiger charge is -2.36. The van der Waals surface area contributed by atoms with Crippen LogP contribution < -0.4 is 15.0 Å². The third kappa shape index (κ3) is 6.29. The molecule has 1 aromatic heterocycles. The quantitative estimate of drug-likeness (QED) is 0.500. The molecule has 2 heterocycles. The van der Waals surface area contributed by atoms with E-state index in [1.807, 2.05) is 29.2 Å². The Hall–Kier alpha value is -2.98. The van der Waals surface area contributed by atoms with Crippen molar-refractivity contribution < 1.29 is 22.7 Å². The van der Waals surface area contributed by atoms with E-state index in [2.05, 4.69) is 19.9 Å². The lowest BCUT2D eigenvalue weighted by Crippen LogP contribution is -2.49. The number of halogens is 4. The number of nitrogens with zero attached hydrogens (tertiary/aromatic N) is 3. The number of hydrogen-bond donors (Lipinski definition) is 1. The minimum Gasteiger partial charge on any atom is -0.406 e. The number of thiazole rings is 1. The Bertz CT molecular complexity index is 1100. The Morgan fingerprint density at radius 3 is 2.45 bits per heavy atom. The van der Waals surface area contributed by atoms with Crippen LogP contribution in [0.25, 0.3) is 0 Å². The van der Waals surface area contributed by atoms with E-state index >= 15 is 0 Å². The maximum Gasteiger partial charge on any atom is 0.573 e. The first kappa shape index (κ1) is 23.2. The van der Waals surface area contributed by atoms with Crippen LogP contribution in [0.5, 0.6) is 5.75 Å². The van der Waals surface area contributed by atoms with E-state index in [-0.39, 0.29) is 18.1 Å². The Morgan fingerprint density at radius 2 is 1.79 bits per heavy atom. The fourth-order valence-electron chi connectivity index (χ4n) is 3.48. The molecule has 1 saturated heterocycles. The molecule has 3 aromatic rings. The molecule has 0 radical (unpaired) electrons. The van der Waals surface area contributed by atoms with Gasteiger partial charge in [-0.25, -0.2) is 4.98 Å². The number of ether oxygens (including phenoxy) is 1. The molecule has 0 unspecified atom stereocenters. The number of hydrogen-bond acceptors (Lipinski definition) is 6. The lowest BCUT2D eigenvalue weighted by molar-refractivity contribution is -0.274. The van der Waals surface area contributed by atoms with Crippen LogP contribution in [0, 0.1) is 0 Å². The molecule has 1 N–H and O–H groups in total. The molecule has 11 heteroatoms. The summed E-state index contributed by atoms with van der Waals surface area (Å²) < 4.78 is 40.6. The first-order valence-electron chi connectivity index (χ1n) is 10.1. The Morgan fingerprint density at radius 1 is 1.09 bits per heavy atom. The highest BCUT2D eigenvalue weighted by atomic mass is 35.5. The van der Waals surface area contributed by atoms with Crippen LogP contribution in [0.3, 0.4) is 0 Å². The zero-order chi connectivity index (χ0) is 23.4. The minimum absolute atomic E-state index is 0.000638. The third-order valence-corrected chi connectivity index (χ3v) is 6.17. The van der Waals surface area contributed by atoms with Crippen LogP contribution in [0.2, 0.25) is 5.02 Å². The normalized spacial score (nSPS) is 14.3. The van der Waals surface area contributed by atoms with Gasteiger partial charge in [0, 0.05) is 37.2 Å². The van der Waals surface area contributed by atoms with Gasteiger partial charge in [0.15, 0.2) is 5.13 Å². The van der Waals surface area contributed by atoms with E-state index in [0.29, 0.717) is 47.7 Å². The number of nitrogens with one attached hydrogen (secondary N) is 1. The number of para-hydroxylation sites is 1. The van der Waals surface area contributed by atoms with E-state index in [9.17, 15) is 18.0 Å². The van der Waals surface area contributed by atoms with Crippen LogP contribution in [0.1, 0.15) is 5.69 Å². The highest BCUT2D eigenvalue weighted by Gasteiger charge is 2.31. The first-order chi connectivity index (χ1) is 15.8. The molecule has 0 atom stereocenters. The van der Waals surface area contributed by atoms with Gasteiger partial charge in [0.2, 0.25) is 5.91 Å². The smallest absolute Gasteiger partial charge is 0.406 e. The molecule has 1 aliphatic rings. The summed E-state index contributed by atoms with van der Waals surface area (Å²) in [6, 6.07) is 13.0. The molecule has 1 amide bonds. The summed E-state index contributed by atoms with van der Waals surface area (Å²) in [6.45, 7) is 2.61. The van der Waals surface area contributed by atoms with Gasteiger partial charge in [-0.05, 0) is 36.4 Å². The monoisotopic (exact) mass is 496 g/mol. The molecule has 33 heavy (non-hydrogen) atoms. The SMILES string of the molecule is O=C(Cc1csc(Nc2ccc(OC(F)(F)F)cc2)n1)N1CCN(c2ccccc2Cl)CC1. The van der Waals surface area contributed by atoms with Gasteiger partial charge in [0.1, 0.15) is 5.75 Å². The Kier molecular flexibility index (Phi) is 6.94. The van der Waals surface area contributed by atoms with E-state index in [1.54, 1.807) is 5.38 Å². The number of benzene rings is 2. The Labute approximate surface area is 197 Å². The molecule has 2 aromatic carbocycles. The van der Waals surface area contributed by atoms with Gasteiger partial charge in [0.25, 0.3) is 0 Å². The number of aromatic nitrogens is 1.